The van der Waals surface area contributed by atoms with E-state index in [-0.39, 0.29) is 16.3 Å². The van der Waals surface area contributed by atoms with Crippen molar-refractivity contribution in [1.82, 2.24) is 4.90 Å². The highest BCUT2D eigenvalue weighted by molar-refractivity contribution is 8.14. The van der Waals surface area contributed by atoms with E-state index in [2.05, 4.69) is 0 Å². The summed E-state index contributed by atoms with van der Waals surface area (Å²) in [6, 6.07) is 0. The van der Waals surface area contributed by atoms with Crippen LogP contribution in [0.15, 0.2) is 0 Å². The lowest BCUT2D eigenvalue weighted by atomic mass is 10.0. The Labute approximate surface area is 106 Å². The number of nitrogens with zero attached hydrogens (tertiary/aromatic N) is 1. The number of β-amino-alcohol motifs (C(OH)–C–C–N with tert-alkyl or cyclic N) is 1. The number of hydrogen-bond acceptors (Lipinski definition) is 4. The van der Waals surface area contributed by atoms with E-state index in [1.807, 2.05) is 0 Å². The minimum absolute atomic E-state index is 0.0595. The second-order valence-corrected chi connectivity index (χ2v) is 6.62. The number of likely N-dealkylation sites (tertiary alicyclic amines) is 1. The van der Waals surface area contributed by atoms with Gasteiger partial charge in [0.1, 0.15) is 0 Å². The van der Waals surface area contributed by atoms with Gasteiger partial charge in [0.15, 0.2) is 5.12 Å². The Morgan fingerprint density at radius 2 is 2.18 bits per heavy atom. The molecule has 4 nitrogen and oxygen atoms in total. The Morgan fingerprint density at radius 1 is 1.53 bits per heavy atom. The van der Waals surface area contributed by atoms with Crippen molar-refractivity contribution in [1.29, 1.82) is 0 Å². The summed E-state index contributed by atoms with van der Waals surface area (Å²) >= 11 is 1.24. The van der Waals surface area contributed by atoms with Crippen LogP contribution in [0.3, 0.4) is 0 Å². The Kier molecular flexibility index (Phi) is 3.78. The summed E-state index contributed by atoms with van der Waals surface area (Å²) in [6.07, 6.45) is 4.11. The first-order valence-electron chi connectivity index (χ1n) is 6.16. The smallest absolute Gasteiger partial charge is 0.223 e. The van der Waals surface area contributed by atoms with Crippen LogP contribution < -0.4 is 0 Å². The molecule has 2 fully saturated rings. The molecular weight excluding hydrogens is 238 g/mol. The maximum absolute atomic E-state index is 11.8. The maximum Gasteiger partial charge on any atom is 0.223 e. The molecule has 1 saturated carbocycles. The van der Waals surface area contributed by atoms with Crippen LogP contribution in [0.25, 0.3) is 0 Å². The molecule has 2 rings (SSSR count). The summed E-state index contributed by atoms with van der Waals surface area (Å²) in [4.78, 5) is 24.5. The van der Waals surface area contributed by atoms with Crippen molar-refractivity contribution < 1.29 is 14.7 Å². The lowest BCUT2D eigenvalue weighted by Crippen LogP contribution is -2.42. The van der Waals surface area contributed by atoms with Gasteiger partial charge in [0.05, 0.1) is 5.60 Å². The lowest BCUT2D eigenvalue weighted by molar-refractivity contribution is -0.130. The van der Waals surface area contributed by atoms with E-state index in [0.29, 0.717) is 19.5 Å². The second-order valence-electron chi connectivity index (χ2n) is 5.14. The normalized spacial score (nSPS) is 27.8. The third-order valence-electron chi connectivity index (χ3n) is 3.53. The second kappa shape index (κ2) is 4.98. The van der Waals surface area contributed by atoms with E-state index in [4.69, 9.17) is 0 Å². The molecular formula is C12H19NO3S. The molecule has 1 aliphatic heterocycles. The van der Waals surface area contributed by atoms with Gasteiger partial charge in [-0.2, -0.15) is 0 Å². The van der Waals surface area contributed by atoms with Gasteiger partial charge in [0, 0.05) is 31.7 Å². The van der Waals surface area contributed by atoms with Crippen LogP contribution in [-0.4, -0.2) is 45.0 Å². The number of carbonyl (C=O) groups is 2. The van der Waals surface area contributed by atoms with Crippen LogP contribution in [0.5, 0.6) is 0 Å². The molecule has 2 aliphatic rings. The van der Waals surface area contributed by atoms with Crippen molar-refractivity contribution in [3.63, 3.8) is 0 Å². The highest BCUT2D eigenvalue weighted by atomic mass is 32.2. The van der Waals surface area contributed by atoms with Gasteiger partial charge in [-0.3, -0.25) is 9.59 Å². The predicted molar refractivity (Wildman–Crippen MR) is 66.7 cm³/mol. The first-order valence-corrected chi connectivity index (χ1v) is 7.04. The fourth-order valence-corrected chi connectivity index (χ4v) is 3.70. The van der Waals surface area contributed by atoms with Gasteiger partial charge in [0.25, 0.3) is 0 Å². The summed E-state index contributed by atoms with van der Waals surface area (Å²) in [5.74, 6) is 0.0732. The fraction of sp³-hybridized carbons (Fsp3) is 0.833. The molecule has 5 heteroatoms. The van der Waals surface area contributed by atoms with Gasteiger partial charge in [-0.05, 0) is 12.8 Å². The van der Waals surface area contributed by atoms with Gasteiger partial charge < -0.3 is 10.0 Å². The third-order valence-corrected chi connectivity index (χ3v) is 4.51. The summed E-state index contributed by atoms with van der Waals surface area (Å²) in [6.45, 7) is 2.58. The number of amides is 1. The van der Waals surface area contributed by atoms with E-state index in [1.165, 1.54) is 18.7 Å². The molecule has 0 aromatic heterocycles. The SMILES string of the molecule is CC(=O)SC1CC(=O)N(CC2(O)CCCC2)C1. The van der Waals surface area contributed by atoms with Gasteiger partial charge in [-0.15, -0.1) is 0 Å². The summed E-state index contributed by atoms with van der Waals surface area (Å²) in [7, 11) is 0. The van der Waals surface area contributed by atoms with Gasteiger partial charge >= 0.3 is 0 Å². The number of carbonyl (C=O) groups excluding carboxylic acids is 2. The Bertz CT molecular complexity index is 326. The first-order chi connectivity index (χ1) is 7.98. The van der Waals surface area contributed by atoms with Crippen LogP contribution in [0.2, 0.25) is 0 Å². The molecule has 0 bridgehead atoms. The van der Waals surface area contributed by atoms with E-state index >= 15 is 0 Å². The number of aliphatic hydroxyl groups is 1. The quantitative estimate of drug-likeness (QED) is 0.824. The summed E-state index contributed by atoms with van der Waals surface area (Å²) < 4.78 is 0. The molecule has 96 valence electrons. The molecule has 0 radical (unpaired) electrons. The minimum atomic E-state index is -0.675. The van der Waals surface area contributed by atoms with E-state index in [0.717, 1.165) is 25.7 Å². The van der Waals surface area contributed by atoms with Gasteiger partial charge in [-0.25, -0.2) is 0 Å². The Balaban J connectivity index is 1.89. The zero-order valence-corrected chi connectivity index (χ0v) is 11.0. The van der Waals surface area contributed by atoms with Gasteiger partial charge in [-0.1, -0.05) is 24.6 Å². The highest BCUT2D eigenvalue weighted by Crippen LogP contribution is 2.32. The molecule has 1 saturated heterocycles. The molecule has 1 unspecified atom stereocenters. The summed E-state index contributed by atoms with van der Waals surface area (Å²) in [5.41, 5.74) is -0.675. The van der Waals surface area contributed by atoms with Gasteiger partial charge in [0.2, 0.25) is 5.91 Å². The largest absolute Gasteiger partial charge is 0.388 e. The van der Waals surface area contributed by atoms with Crippen molar-refractivity contribution in [3.05, 3.63) is 0 Å². The van der Waals surface area contributed by atoms with E-state index < -0.39 is 5.60 Å². The molecule has 17 heavy (non-hydrogen) atoms. The molecule has 0 aromatic carbocycles. The number of thioether (sulfide) groups is 1. The molecule has 1 aliphatic carbocycles. The molecule has 0 aromatic rings. The van der Waals surface area contributed by atoms with Crippen LogP contribution in [0, 0.1) is 0 Å². The van der Waals surface area contributed by atoms with Crippen molar-refractivity contribution in [2.75, 3.05) is 13.1 Å². The van der Waals surface area contributed by atoms with Crippen LogP contribution >= 0.6 is 11.8 Å². The minimum Gasteiger partial charge on any atom is -0.388 e. The van der Waals surface area contributed by atoms with Crippen LogP contribution in [0.4, 0.5) is 0 Å². The van der Waals surface area contributed by atoms with Crippen molar-refractivity contribution in [2.24, 2.45) is 0 Å². The summed E-state index contributed by atoms with van der Waals surface area (Å²) in [5, 5.41) is 10.4. The average Bonchev–Trinajstić information content (AvgIpc) is 2.74. The number of rotatable bonds is 3. The molecule has 1 heterocycles. The van der Waals surface area contributed by atoms with E-state index in [1.54, 1.807) is 4.90 Å². The highest BCUT2D eigenvalue weighted by Gasteiger charge is 2.38. The third kappa shape index (κ3) is 3.22. The van der Waals surface area contributed by atoms with Crippen molar-refractivity contribution in [2.45, 2.75) is 49.9 Å². The zero-order chi connectivity index (χ0) is 12.5. The number of hydrogen-bond donors (Lipinski definition) is 1. The molecule has 1 amide bonds. The monoisotopic (exact) mass is 257 g/mol. The van der Waals surface area contributed by atoms with Crippen molar-refractivity contribution >= 4 is 22.8 Å². The van der Waals surface area contributed by atoms with Crippen molar-refractivity contribution in [3.8, 4) is 0 Å². The van der Waals surface area contributed by atoms with E-state index in [9.17, 15) is 14.7 Å². The maximum atomic E-state index is 11.8. The fourth-order valence-electron chi connectivity index (χ4n) is 2.75. The molecule has 0 spiro atoms. The Morgan fingerprint density at radius 3 is 2.76 bits per heavy atom. The topological polar surface area (TPSA) is 57.6 Å². The van der Waals surface area contributed by atoms with Crippen LogP contribution in [0.1, 0.15) is 39.0 Å². The average molecular weight is 257 g/mol. The molecule has 1 atom stereocenters. The standard InChI is InChI=1S/C12H19NO3S/c1-9(14)17-10-6-11(15)13(7-10)8-12(16)4-2-3-5-12/h10,16H,2-8H2,1H3. The Hall–Kier alpha value is -0.550. The molecule has 1 N–H and O–H groups in total. The lowest BCUT2D eigenvalue weighted by Gasteiger charge is -2.28. The zero-order valence-electron chi connectivity index (χ0n) is 10.1. The first kappa shape index (κ1) is 12.9. The van der Waals surface area contributed by atoms with Crippen LogP contribution in [-0.2, 0) is 9.59 Å². The predicted octanol–water partition coefficient (Wildman–Crippen LogP) is 1.17.